The van der Waals surface area contributed by atoms with Crippen molar-refractivity contribution in [2.75, 3.05) is 19.6 Å². The maximum atomic E-state index is 12.7. The molecule has 7 heteroatoms. The van der Waals surface area contributed by atoms with E-state index < -0.39 is 0 Å². The Morgan fingerprint density at radius 2 is 2.07 bits per heavy atom. The fourth-order valence-corrected chi connectivity index (χ4v) is 4.24. The van der Waals surface area contributed by atoms with Crippen molar-refractivity contribution in [1.29, 1.82) is 0 Å². The van der Waals surface area contributed by atoms with Gasteiger partial charge in [0.1, 0.15) is 5.82 Å². The van der Waals surface area contributed by atoms with Gasteiger partial charge in [0.15, 0.2) is 0 Å². The standard InChI is InChI=1S/C22H26N4O3/c1-14-4-3-5-16(10-14)11-20(28)26-8-6-17(12-26)21-23-19-13-25(15(2)27)9-7-18(19)22(29)24-21/h3-5,10,17H,6-9,11-13H2,1-2H3,(H,23,24,29)/t17-/m1/s1. The molecule has 152 valence electrons. The second kappa shape index (κ2) is 7.81. The Morgan fingerprint density at radius 3 is 2.83 bits per heavy atom. The minimum Gasteiger partial charge on any atom is -0.342 e. The van der Waals surface area contributed by atoms with Crippen LogP contribution in [0.15, 0.2) is 29.1 Å². The molecule has 29 heavy (non-hydrogen) atoms. The highest BCUT2D eigenvalue weighted by atomic mass is 16.2. The number of likely N-dealkylation sites (tertiary alicyclic amines) is 1. The molecule has 0 bridgehead atoms. The number of aryl methyl sites for hydroxylation is 1. The first-order valence-corrected chi connectivity index (χ1v) is 10.1. The first kappa shape index (κ1) is 19.4. The molecule has 3 heterocycles. The maximum absolute atomic E-state index is 12.7. The number of rotatable bonds is 3. The Labute approximate surface area is 169 Å². The number of carbonyl (C=O) groups is 2. The van der Waals surface area contributed by atoms with Gasteiger partial charge in [-0.3, -0.25) is 14.4 Å². The quantitative estimate of drug-likeness (QED) is 0.856. The van der Waals surface area contributed by atoms with Crippen molar-refractivity contribution in [3.63, 3.8) is 0 Å². The zero-order valence-electron chi connectivity index (χ0n) is 16.9. The van der Waals surface area contributed by atoms with Crippen LogP contribution in [0, 0.1) is 6.92 Å². The summed E-state index contributed by atoms with van der Waals surface area (Å²) < 4.78 is 0. The molecule has 2 amide bonds. The Balaban J connectivity index is 1.47. The van der Waals surface area contributed by atoms with Crippen LogP contribution < -0.4 is 5.56 Å². The van der Waals surface area contributed by atoms with Crippen molar-refractivity contribution in [2.24, 2.45) is 0 Å². The highest BCUT2D eigenvalue weighted by Gasteiger charge is 2.30. The van der Waals surface area contributed by atoms with Gasteiger partial charge in [0.2, 0.25) is 11.8 Å². The van der Waals surface area contributed by atoms with Crippen LogP contribution in [-0.4, -0.2) is 51.2 Å². The molecule has 2 aliphatic heterocycles. The lowest BCUT2D eigenvalue weighted by Gasteiger charge is -2.27. The first-order valence-electron chi connectivity index (χ1n) is 10.1. The maximum Gasteiger partial charge on any atom is 0.254 e. The van der Waals surface area contributed by atoms with E-state index in [1.807, 2.05) is 36.1 Å². The minimum atomic E-state index is -0.113. The summed E-state index contributed by atoms with van der Waals surface area (Å²) in [5, 5.41) is 0. The molecule has 1 aromatic carbocycles. The van der Waals surface area contributed by atoms with E-state index in [4.69, 9.17) is 4.98 Å². The van der Waals surface area contributed by atoms with Crippen molar-refractivity contribution >= 4 is 11.8 Å². The molecule has 0 saturated carbocycles. The molecular formula is C22H26N4O3. The monoisotopic (exact) mass is 394 g/mol. The van der Waals surface area contributed by atoms with Gasteiger partial charge in [0, 0.05) is 38.0 Å². The fourth-order valence-electron chi connectivity index (χ4n) is 4.24. The van der Waals surface area contributed by atoms with Crippen molar-refractivity contribution in [3.05, 3.63) is 62.8 Å². The van der Waals surface area contributed by atoms with Crippen molar-refractivity contribution in [2.45, 2.75) is 45.6 Å². The molecule has 1 N–H and O–H groups in total. The highest BCUT2D eigenvalue weighted by molar-refractivity contribution is 5.79. The lowest BCUT2D eigenvalue weighted by molar-refractivity contribution is -0.130. The molecular weight excluding hydrogens is 368 g/mol. The van der Waals surface area contributed by atoms with E-state index in [-0.39, 0.29) is 23.3 Å². The fraction of sp³-hybridized carbons (Fsp3) is 0.455. The summed E-state index contributed by atoms with van der Waals surface area (Å²) in [6.45, 7) is 5.71. The van der Waals surface area contributed by atoms with E-state index in [0.717, 1.165) is 17.5 Å². The highest BCUT2D eigenvalue weighted by Crippen LogP contribution is 2.26. The molecule has 1 fully saturated rings. The molecule has 1 atom stereocenters. The van der Waals surface area contributed by atoms with Gasteiger partial charge in [0.05, 0.1) is 18.7 Å². The van der Waals surface area contributed by atoms with Gasteiger partial charge in [-0.2, -0.15) is 0 Å². The predicted molar refractivity (Wildman–Crippen MR) is 108 cm³/mol. The average Bonchev–Trinajstić information content (AvgIpc) is 3.18. The van der Waals surface area contributed by atoms with Gasteiger partial charge in [-0.25, -0.2) is 4.98 Å². The summed E-state index contributed by atoms with van der Waals surface area (Å²) in [5.41, 5.74) is 3.41. The lowest BCUT2D eigenvalue weighted by atomic mass is 10.0. The van der Waals surface area contributed by atoms with Crippen LogP contribution in [0.4, 0.5) is 0 Å². The zero-order valence-corrected chi connectivity index (χ0v) is 16.9. The third-order valence-corrected chi connectivity index (χ3v) is 5.90. The van der Waals surface area contributed by atoms with Crippen molar-refractivity contribution < 1.29 is 9.59 Å². The molecule has 2 aliphatic rings. The Morgan fingerprint density at radius 1 is 1.24 bits per heavy atom. The van der Waals surface area contributed by atoms with Crippen molar-refractivity contribution in [1.82, 2.24) is 19.8 Å². The number of nitrogens with one attached hydrogen (secondary N) is 1. The molecule has 0 unspecified atom stereocenters. The number of amides is 2. The summed E-state index contributed by atoms with van der Waals surface area (Å²) in [6, 6.07) is 8.00. The van der Waals surface area contributed by atoms with E-state index in [9.17, 15) is 14.4 Å². The van der Waals surface area contributed by atoms with Crippen LogP contribution >= 0.6 is 0 Å². The molecule has 4 rings (SSSR count). The molecule has 0 radical (unpaired) electrons. The largest absolute Gasteiger partial charge is 0.342 e. The Kier molecular flexibility index (Phi) is 5.22. The topological polar surface area (TPSA) is 86.4 Å². The number of aromatic amines is 1. The van der Waals surface area contributed by atoms with Crippen LogP contribution in [0.5, 0.6) is 0 Å². The Hall–Kier alpha value is -2.96. The molecule has 1 aromatic heterocycles. The number of carbonyl (C=O) groups excluding carboxylic acids is 2. The van der Waals surface area contributed by atoms with Crippen LogP contribution in [-0.2, 0) is 29.0 Å². The number of fused-ring (bicyclic) bond motifs is 1. The third-order valence-electron chi connectivity index (χ3n) is 5.90. The molecule has 0 spiro atoms. The average molecular weight is 394 g/mol. The number of nitrogens with zero attached hydrogens (tertiary/aromatic N) is 3. The van der Waals surface area contributed by atoms with Gasteiger partial charge >= 0.3 is 0 Å². The second-order valence-corrected chi connectivity index (χ2v) is 8.06. The van der Waals surface area contributed by atoms with E-state index in [0.29, 0.717) is 56.1 Å². The smallest absolute Gasteiger partial charge is 0.254 e. The minimum absolute atomic E-state index is 0.00642. The number of hydrogen-bond donors (Lipinski definition) is 1. The predicted octanol–water partition coefficient (Wildman–Crippen LogP) is 1.54. The molecule has 2 aromatic rings. The Bertz CT molecular complexity index is 1010. The van der Waals surface area contributed by atoms with Crippen LogP contribution in [0.2, 0.25) is 0 Å². The number of benzene rings is 1. The molecule has 1 saturated heterocycles. The van der Waals surface area contributed by atoms with Gasteiger partial charge in [0.25, 0.3) is 5.56 Å². The normalized spacial score (nSPS) is 18.6. The number of hydrogen-bond acceptors (Lipinski definition) is 4. The number of aromatic nitrogens is 2. The summed E-state index contributed by atoms with van der Waals surface area (Å²) >= 11 is 0. The van der Waals surface area contributed by atoms with E-state index in [1.54, 1.807) is 4.90 Å². The number of H-pyrrole nitrogens is 1. The third kappa shape index (κ3) is 4.09. The summed E-state index contributed by atoms with van der Waals surface area (Å²) in [7, 11) is 0. The van der Waals surface area contributed by atoms with Crippen LogP contribution in [0.3, 0.4) is 0 Å². The zero-order chi connectivity index (χ0) is 20.5. The van der Waals surface area contributed by atoms with Gasteiger partial charge < -0.3 is 14.8 Å². The van der Waals surface area contributed by atoms with Crippen LogP contribution in [0.25, 0.3) is 0 Å². The summed E-state index contributed by atoms with van der Waals surface area (Å²) in [5.74, 6) is 0.737. The van der Waals surface area contributed by atoms with Crippen LogP contribution in [0.1, 0.15) is 47.5 Å². The molecule has 0 aliphatic carbocycles. The van der Waals surface area contributed by atoms with E-state index in [1.165, 1.54) is 6.92 Å². The van der Waals surface area contributed by atoms with E-state index >= 15 is 0 Å². The van der Waals surface area contributed by atoms with Gasteiger partial charge in [-0.05, 0) is 25.3 Å². The SMILES string of the molecule is CC(=O)N1CCc2c(nc([C@@H]3CCN(C(=O)Cc4cccc(C)c4)C3)[nH]c2=O)C1. The molecule has 7 nitrogen and oxygen atoms in total. The van der Waals surface area contributed by atoms with Gasteiger partial charge in [-0.1, -0.05) is 29.8 Å². The summed E-state index contributed by atoms with van der Waals surface area (Å²) in [4.78, 5) is 48.1. The van der Waals surface area contributed by atoms with Crippen molar-refractivity contribution in [3.8, 4) is 0 Å². The van der Waals surface area contributed by atoms with E-state index in [2.05, 4.69) is 4.98 Å². The lowest BCUT2D eigenvalue weighted by Crippen LogP contribution is -2.38. The first-order chi connectivity index (χ1) is 13.9. The van der Waals surface area contributed by atoms with Gasteiger partial charge in [-0.15, -0.1) is 0 Å². The second-order valence-electron chi connectivity index (χ2n) is 8.06. The summed E-state index contributed by atoms with van der Waals surface area (Å²) in [6.07, 6.45) is 1.69.